The van der Waals surface area contributed by atoms with E-state index in [9.17, 15) is 22.8 Å². The molecule has 0 atom stereocenters. The predicted octanol–water partition coefficient (Wildman–Crippen LogP) is 2.73. The minimum atomic E-state index is -4.27. The van der Waals surface area contributed by atoms with Gasteiger partial charge < -0.3 is 4.74 Å². The molecule has 1 aromatic carbocycles. The van der Waals surface area contributed by atoms with Gasteiger partial charge >= 0.3 is 12.0 Å². The molecule has 0 aliphatic carbocycles. The normalized spacial score (nSPS) is 15.4. The van der Waals surface area contributed by atoms with Crippen LogP contribution >= 0.6 is 33.2 Å². The molecule has 2 amide bonds. The minimum Gasteiger partial charge on any atom is -0.462 e. The van der Waals surface area contributed by atoms with Gasteiger partial charge in [-0.3, -0.25) is 9.59 Å². The van der Waals surface area contributed by atoms with E-state index >= 15 is 0 Å². The zero-order chi connectivity index (χ0) is 19.5. The first kappa shape index (κ1) is 21.2. The molecule has 7 nitrogen and oxygen atoms in total. The number of rotatable bonds is 7. The summed E-state index contributed by atoms with van der Waals surface area (Å²) in [6, 6.07) is 2.34. The first-order valence-corrected chi connectivity index (χ1v) is 14.2. The minimum absolute atomic E-state index is 0.0660. The summed E-state index contributed by atoms with van der Waals surface area (Å²) in [5.41, 5.74) is 0.120. The molecule has 1 aromatic rings. The van der Waals surface area contributed by atoms with Crippen LogP contribution < -0.4 is 0 Å². The molecular weight excluding hydrogens is 445 g/mol. The van der Waals surface area contributed by atoms with Gasteiger partial charge in [-0.05, 0) is 36.7 Å². The summed E-state index contributed by atoms with van der Waals surface area (Å²) < 4.78 is 30.0. The van der Waals surface area contributed by atoms with Crippen LogP contribution in [0.3, 0.4) is 0 Å². The number of halogens is 3. The SMILES string of the molecule is O=C(OCCC[Si](Cl)(Cl)Cl)c1ccc(S(=O)(=O)N2C(=O)CCC2=O)cc1. The number of carbonyl (C=O) groups is 3. The van der Waals surface area contributed by atoms with Gasteiger partial charge in [0.1, 0.15) is 0 Å². The fourth-order valence-electron chi connectivity index (χ4n) is 2.21. The predicted molar refractivity (Wildman–Crippen MR) is 97.7 cm³/mol. The fourth-order valence-corrected chi connectivity index (χ4v) is 5.37. The van der Waals surface area contributed by atoms with Crippen molar-refractivity contribution >= 4 is 67.0 Å². The largest absolute Gasteiger partial charge is 0.462 e. The van der Waals surface area contributed by atoms with Crippen LogP contribution in [-0.2, 0) is 24.3 Å². The van der Waals surface area contributed by atoms with Crippen LogP contribution in [-0.4, -0.2) is 43.1 Å². The molecule has 142 valence electrons. The van der Waals surface area contributed by atoms with Gasteiger partial charge in [0.05, 0.1) is 17.1 Å². The van der Waals surface area contributed by atoms with E-state index in [0.29, 0.717) is 12.5 Å². The number of hydrogen-bond donors (Lipinski definition) is 0. The highest BCUT2D eigenvalue weighted by Crippen LogP contribution is 2.26. The lowest BCUT2D eigenvalue weighted by Crippen LogP contribution is -2.35. The van der Waals surface area contributed by atoms with Crippen LogP contribution in [0, 0.1) is 0 Å². The van der Waals surface area contributed by atoms with Crippen LogP contribution in [0.1, 0.15) is 29.6 Å². The number of imide groups is 1. The lowest BCUT2D eigenvalue weighted by atomic mass is 10.2. The van der Waals surface area contributed by atoms with Crippen molar-refractivity contribution < 1.29 is 27.5 Å². The summed E-state index contributed by atoms with van der Waals surface area (Å²) in [5, 5.41) is 0. The lowest BCUT2D eigenvalue weighted by Gasteiger charge is -2.14. The summed E-state index contributed by atoms with van der Waals surface area (Å²) in [6.45, 7) is 0.0660. The summed E-state index contributed by atoms with van der Waals surface area (Å²) in [6.07, 6.45) is 0.124. The Hall–Kier alpha value is -1.13. The van der Waals surface area contributed by atoms with Crippen LogP contribution in [0.25, 0.3) is 0 Å². The smallest absolute Gasteiger partial charge is 0.341 e. The Balaban J connectivity index is 2.02. The zero-order valence-corrected chi connectivity index (χ0v) is 17.4. The molecule has 12 heteroatoms. The molecule has 0 N–H and O–H groups in total. The van der Waals surface area contributed by atoms with E-state index in [0.717, 1.165) is 12.1 Å². The second-order valence-electron chi connectivity index (χ2n) is 5.44. The Bertz CT molecular complexity index is 806. The fraction of sp³-hybridized carbons (Fsp3) is 0.357. The third-order valence-electron chi connectivity index (χ3n) is 3.47. The number of sulfonamides is 1. The van der Waals surface area contributed by atoms with Gasteiger partial charge in [-0.25, -0.2) is 13.2 Å². The third kappa shape index (κ3) is 5.20. The highest BCUT2D eigenvalue weighted by Gasteiger charge is 2.39. The van der Waals surface area contributed by atoms with Gasteiger partial charge in [-0.15, -0.1) is 33.2 Å². The van der Waals surface area contributed by atoms with Crippen LogP contribution in [0.15, 0.2) is 29.2 Å². The van der Waals surface area contributed by atoms with Gasteiger partial charge in [0.25, 0.3) is 10.0 Å². The number of hydrogen-bond acceptors (Lipinski definition) is 6. The van der Waals surface area contributed by atoms with E-state index in [1.807, 2.05) is 0 Å². The summed E-state index contributed by atoms with van der Waals surface area (Å²) >= 11 is 17.2. The van der Waals surface area contributed by atoms with Gasteiger partial charge in [-0.1, -0.05) is 0 Å². The monoisotopic (exact) mass is 457 g/mol. The maximum absolute atomic E-state index is 12.4. The molecule has 1 saturated heterocycles. The molecule has 1 heterocycles. The Morgan fingerprint density at radius 1 is 1.08 bits per heavy atom. The number of amides is 2. The van der Waals surface area contributed by atoms with Crippen molar-refractivity contribution in [2.45, 2.75) is 30.2 Å². The van der Waals surface area contributed by atoms with Crippen LogP contribution in [0.5, 0.6) is 0 Å². The van der Waals surface area contributed by atoms with E-state index in [-0.39, 0.29) is 34.2 Å². The Morgan fingerprint density at radius 2 is 1.62 bits per heavy atom. The first-order valence-electron chi connectivity index (χ1n) is 7.47. The van der Waals surface area contributed by atoms with Gasteiger partial charge in [0, 0.05) is 12.8 Å². The summed E-state index contributed by atoms with van der Waals surface area (Å²) in [7, 11) is -4.27. The van der Waals surface area contributed by atoms with E-state index in [4.69, 9.17) is 38.0 Å². The molecule has 0 bridgehead atoms. The van der Waals surface area contributed by atoms with Crippen molar-refractivity contribution in [1.82, 2.24) is 4.31 Å². The molecule has 2 rings (SSSR count). The maximum Gasteiger partial charge on any atom is 0.341 e. The molecule has 0 spiro atoms. The third-order valence-corrected chi connectivity index (χ3v) is 7.85. The average molecular weight is 459 g/mol. The molecule has 0 aromatic heterocycles. The van der Waals surface area contributed by atoms with Crippen LogP contribution in [0.2, 0.25) is 6.04 Å². The molecule has 1 aliphatic heterocycles. The van der Waals surface area contributed by atoms with Crippen molar-refractivity contribution in [3.8, 4) is 0 Å². The van der Waals surface area contributed by atoms with Crippen molar-refractivity contribution in [3.63, 3.8) is 0 Å². The second-order valence-corrected chi connectivity index (χ2v) is 16.5. The topological polar surface area (TPSA) is 97.8 Å². The number of esters is 1. The molecule has 0 unspecified atom stereocenters. The van der Waals surface area contributed by atoms with Gasteiger partial charge in [0.2, 0.25) is 11.8 Å². The Kier molecular flexibility index (Phi) is 6.73. The molecule has 0 radical (unpaired) electrons. The quantitative estimate of drug-likeness (QED) is 0.205. The summed E-state index contributed by atoms with van der Waals surface area (Å²) in [4.78, 5) is 34.9. The number of carbonyl (C=O) groups excluding carboxylic acids is 3. The first-order chi connectivity index (χ1) is 12.0. The van der Waals surface area contributed by atoms with E-state index in [1.54, 1.807) is 0 Å². The van der Waals surface area contributed by atoms with Gasteiger partial charge in [0.15, 0.2) is 0 Å². The van der Waals surface area contributed by atoms with Crippen molar-refractivity contribution in [3.05, 3.63) is 29.8 Å². The average Bonchev–Trinajstić information content (AvgIpc) is 2.90. The molecule has 0 saturated carbocycles. The Morgan fingerprint density at radius 3 is 2.12 bits per heavy atom. The van der Waals surface area contributed by atoms with Gasteiger partial charge in [-0.2, -0.15) is 4.31 Å². The molecule has 1 fully saturated rings. The molecular formula is C14H14Cl3NO6SSi. The standard InChI is InChI=1S/C14H14Cl3NO6SSi/c15-26(16,17)9-1-8-24-14(21)10-2-4-11(5-3-10)25(22,23)18-12(19)6-7-13(18)20/h2-5H,1,6-9H2. The number of nitrogens with zero attached hydrogens (tertiary/aromatic N) is 1. The van der Waals surface area contributed by atoms with E-state index in [2.05, 4.69) is 0 Å². The number of benzene rings is 1. The molecule has 1 aliphatic rings. The summed E-state index contributed by atoms with van der Waals surface area (Å²) in [5.74, 6) is -2.19. The van der Waals surface area contributed by atoms with Crippen molar-refractivity contribution in [2.75, 3.05) is 6.61 Å². The number of ether oxygens (including phenoxy) is 1. The maximum atomic E-state index is 12.4. The van der Waals surface area contributed by atoms with Crippen LogP contribution in [0.4, 0.5) is 0 Å². The van der Waals surface area contributed by atoms with E-state index in [1.165, 1.54) is 12.1 Å². The second kappa shape index (κ2) is 8.26. The van der Waals surface area contributed by atoms with Crippen molar-refractivity contribution in [2.24, 2.45) is 0 Å². The highest BCUT2D eigenvalue weighted by molar-refractivity contribution is 7.90. The Labute approximate surface area is 165 Å². The highest BCUT2D eigenvalue weighted by atomic mass is 35.8. The zero-order valence-electron chi connectivity index (χ0n) is 13.3. The van der Waals surface area contributed by atoms with E-state index < -0.39 is 33.8 Å². The molecule has 26 heavy (non-hydrogen) atoms. The van der Waals surface area contributed by atoms with Crippen molar-refractivity contribution in [1.29, 1.82) is 0 Å². The lowest BCUT2D eigenvalue weighted by molar-refractivity contribution is -0.132.